The molecule has 1 unspecified atom stereocenters. The molecule has 2 aliphatic rings. The summed E-state index contributed by atoms with van der Waals surface area (Å²) >= 11 is 0. The van der Waals surface area contributed by atoms with Gasteiger partial charge in [-0.1, -0.05) is 6.07 Å². The summed E-state index contributed by atoms with van der Waals surface area (Å²) < 4.78 is 24.7. The normalized spacial score (nSPS) is 22.3. The highest BCUT2D eigenvalue weighted by Gasteiger charge is 2.27. The van der Waals surface area contributed by atoms with Gasteiger partial charge in [-0.25, -0.2) is 12.7 Å². The van der Waals surface area contributed by atoms with Crippen LogP contribution in [-0.4, -0.2) is 44.0 Å². The molecule has 0 radical (unpaired) electrons. The number of sulfonamides is 1. The Morgan fingerprint density at radius 3 is 2.77 bits per heavy atom. The van der Waals surface area contributed by atoms with Crippen LogP contribution in [0.5, 0.6) is 0 Å². The molecule has 1 heterocycles. The maximum Gasteiger partial charge on any atom is 0.251 e. The second kappa shape index (κ2) is 6.01. The Hall–Kier alpha value is -1.40. The molecule has 3 rings (SSSR count). The van der Waals surface area contributed by atoms with Gasteiger partial charge in [0.15, 0.2) is 0 Å². The number of piperidine rings is 1. The smallest absolute Gasteiger partial charge is 0.251 e. The largest absolute Gasteiger partial charge is 0.348 e. The van der Waals surface area contributed by atoms with Gasteiger partial charge in [0.25, 0.3) is 5.91 Å². The molecule has 5 nitrogen and oxygen atoms in total. The lowest BCUT2D eigenvalue weighted by Crippen LogP contribution is -2.49. The van der Waals surface area contributed by atoms with Gasteiger partial charge in [-0.3, -0.25) is 4.79 Å². The molecule has 1 aromatic carbocycles. The number of carbonyl (C=O) groups excluding carboxylic acids is 1. The molecule has 1 aromatic rings. The van der Waals surface area contributed by atoms with E-state index < -0.39 is 10.0 Å². The molecule has 1 amide bonds. The third kappa shape index (κ3) is 3.33. The molecule has 1 N–H and O–H groups in total. The van der Waals surface area contributed by atoms with Crippen molar-refractivity contribution in [2.24, 2.45) is 0 Å². The zero-order valence-corrected chi connectivity index (χ0v) is 13.7. The lowest BCUT2D eigenvalue weighted by atomic mass is 10.0. The van der Waals surface area contributed by atoms with Crippen molar-refractivity contribution in [3.63, 3.8) is 0 Å². The number of carbonyl (C=O) groups is 1. The number of aryl methyl sites for hydroxylation is 2. The Bertz CT molecular complexity index is 685. The summed E-state index contributed by atoms with van der Waals surface area (Å²) in [6.07, 6.45) is 6.12. The maximum atomic E-state index is 12.4. The highest BCUT2D eigenvalue weighted by atomic mass is 32.2. The van der Waals surface area contributed by atoms with E-state index in [-0.39, 0.29) is 11.9 Å². The van der Waals surface area contributed by atoms with E-state index in [2.05, 4.69) is 5.32 Å². The lowest BCUT2D eigenvalue weighted by molar-refractivity contribution is 0.0921. The Morgan fingerprint density at radius 2 is 2.00 bits per heavy atom. The van der Waals surface area contributed by atoms with Gasteiger partial charge in [0.05, 0.1) is 6.26 Å². The number of rotatable bonds is 3. The van der Waals surface area contributed by atoms with Crippen molar-refractivity contribution in [1.82, 2.24) is 9.62 Å². The molecule has 6 heteroatoms. The van der Waals surface area contributed by atoms with Crippen molar-refractivity contribution < 1.29 is 13.2 Å². The van der Waals surface area contributed by atoms with Crippen molar-refractivity contribution in [3.05, 3.63) is 34.9 Å². The summed E-state index contributed by atoms with van der Waals surface area (Å²) in [5.41, 5.74) is 3.30. The van der Waals surface area contributed by atoms with Crippen LogP contribution in [0.2, 0.25) is 0 Å². The van der Waals surface area contributed by atoms with E-state index in [1.165, 1.54) is 21.7 Å². The van der Waals surface area contributed by atoms with E-state index in [1.807, 2.05) is 18.2 Å². The van der Waals surface area contributed by atoms with Crippen LogP contribution in [0.25, 0.3) is 0 Å². The summed E-state index contributed by atoms with van der Waals surface area (Å²) in [5.74, 6) is -0.102. The summed E-state index contributed by atoms with van der Waals surface area (Å²) in [4.78, 5) is 12.4. The quantitative estimate of drug-likeness (QED) is 0.913. The molecule has 1 aliphatic carbocycles. The molecular weight excluding hydrogens is 300 g/mol. The highest BCUT2D eigenvalue weighted by Crippen LogP contribution is 2.23. The van der Waals surface area contributed by atoms with E-state index in [0.29, 0.717) is 18.7 Å². The van der Waals surface area contributed by atoms with Crippen LogP contribution in [0.3, 0.4) is 0 Å². The minimum absolute atomic E-state index is 0.102. The van der Waals surface area contributed by atoms with E-state index >= 15 is 0 Å². The minimum Gasteiger partial charge on any atom is -0.348 e. The number of nitrogens with zero attached hydrogens (tertiary/aromatic N) is 1. The van der Waals surface area contributed by atoms with Gasteiger partial charge in [-0.15, -0.1) is 0 Å². The van der Waals surface area contributed by atoms with E-state index in [1.54, 1.807) is 0 Å². The second-order valence-electron chi connectivity index (χ2n) is 6.27. The van der Waals surface area contributed by atoms with Gasteiger partial charge in [0.1, 0.15) is 0 Å². The van der Waals surface area contributed by atoms with Crippen LogP contribution < -0.4 is 5.32 Å². The van der Waals surface area contributed by atoms with Crippen molar-refractivity contribution in [1.29, 1.82) is 0 Å². The average Bonchev–Trinajstić information content (AvgIpc) is 2.94. The molecule has 0 bridgehead atoms. The van der Waals surface area contributed by atoms with Crippen molar-refractivity contribution in [2.45, 2.75) is 38.1 Å². The number of hydrogen-bond donors (Lipinski definition) is 1. The third-order valence-corrected chi connectivity index (χ3v) is 5.82. The average molecular weight is 322 g/mol. The fourth-order valence-corrected chi connectivity index (χ4v) is 4.25. The predicted molar refractivity (Wildman–Crippen MR) is 85.4 cm³/mol. The second-order valence-corrected chi connectivity index (χ2v) is 8.25. The summed E-state index contributed by atoms with van der Waals surface area (Å²) in [6.45, 7) is 0.916. The van der Waals surface area contributed by atoms with Crippen LogP contribution in [0, 0.1) is 0 Å². The van der Waals surface area contributed by atoms with Gasteiger partial charge < -0.3 is 5.32 Å². The van der Waals surface area contributed by atoms with Crippen LogP contribution >= 0.6 is 0 Å². The Morgan fingerprint density at radius 1 is 1.23 bits per heavy atom. The first-order valence-electron chi connectivity index (χ1n) is 7.81. The van der Waals surface area contributed by atoms with Gasteiger partial charge in [0.2, 0.25) is 10.0 Å². The molecule has 1 aliphatic heterocycles. The minimum atomic E-state index is -3.19. The fraction of sp³-hybridized carbons (Fsp3) is 0.562. The van der Waals surface area contributed by atoms with Gasteiger partial charge >= 0.3 is 0 Å². The Labute approximate surface area is 131 Å². The van der Waals surface area contributed by atoms with Crippen LogP contribution in [0.15, 0.2) is 18.2 Å². The first kappa shape index (κ1) is 15.5. The maximum absolute atomic E-state index is 12.4. The fourth-order valence-electron chi connectivity index (χ4n) is 3.34. The molecule has 0 saturated carbocycles. The van der Waals surface area contributed by atoms with Gasteiger partial charge in [0, 0.05) is 24.7 Å². The van der Waals surface area contributed by atoms with Crippen LogP contribution in [-0.2, 0) is 22.9 Å². The van der Waals surface area contributed by atoms with Gasteiger partial charge in [-0.05, 0) is 55.4 Å². The predicted octanol–water partition coefficient (Wildman–Crippen LogP) is 1.33. The van der Waals surface area contributed by atoms with Crippen molar-refractivity contribution in [3.8, 4) is 0 Å². The molecule has 120 valence electrons. The summed E-state index contributed by atoms with van der Waals surface area (Å²) in [6, 6.07) is 5.79. The van der Waals surface area contributed by atoms with Gasteiger partial charge in [-0.2, -0.15) is 0 Å². The molecule has 1 fully saturated rings. The zero-order chi connectivity index (χ0) is 15.7. The summed E-state index contributed by atoms with van der Waals surface area (Å²) in [5, 5.41) is 2.98. The number of fused-ring (bicyclic) bond motifs is 1. The third-order valence-electron chi connectivity index (χ3n) is 4.55. The number of nitrogens with one attached hydrogen (secondary N) is 1. The van der Waals surface area contributed by atoms with E-state index in [4.69, 9.17) is 0 Å². The van der Waals surface area contributed by atoms with Crippen molar-refractivity contribution in [2.75, 3.05) is 19.3 Å². The lowest BCUT2D eigenvalue weighted by Gasteiger charge is -2.31. The van der Waals surface area contributed by atoms with Crippen LogP contribution in [0.4, 0.5) is 0 Å². The molecule has 0 aromatic heterocycles. The number of amides is 1. The number of hydrogen-bond acceptors (Lipinski definition) is 3. The van der Waals surface area contributed by atoms with E-state index in [0.717, 1.165) is 32.1 Å². The molecular formula is C16H22N2O3S. The molecule has 1 saturated heterocycles. The SMILES string of the molecule is CS(=O)(=O)N1CCCC(NC(=O)c2ccc3c(c2)CCC3)C1. The monoisotopic (exact) mass is 322 g/mol. The first-order valence-corrected chi connectivity index (χ1v) is 9.66. The first-order chi connectivity index (χ1) is 10.4. The highest BCUT2D eigenvalue weighted by molar-refractivity contribution is 7.88. The Balaban J connectivity index is 1.66. The zero-order valence-electron chi connectivity index (χ0n) is 12.8. The number of benzene rings is 1. The van der Waals surface area contributed by atoms with E-state index in [9.17, 15) is 13.2 Å². The topological polar surface area (TPSA) is 66.5 Å². The molecule has 22 heavy (non-hydrogen) atoms. The molecule has 1 atom stereocenters. The molecule has 0 spiro atoms. The van der Waals surface area contributed by atoms with Crippen molar-refractivity contribution >= 4 is 15.9 Å². The summed E-state index contributed by atoms with van der Waals surface area (Å²) in [7, 11) is -3.19. The standard InChI is InChI=1S/C16H22N2O3S/c1-22(20,21)18-9-3-6-15(11-18)17-16(19)14-8-7-12-4-2-5-13(12)10-14/h7-8,10,15H,2-6,9,11H2,1H3,(H,17,19). The van der Waals surface area contributed by atoms with Crippen LogP contribution in [0.1, 0.15) is 40.7 Å². The Kier molecular flexibility index (Phi) is 4.23.